The second-order valence-corrected chi connectivity index (χ2v) is 6.91. The fourth-order valence-corrected chi connectivity index (χ4v) is 3.80. The molecule has 0 saturated heterocycles. The van der Waals surface area contributed by atoms with Crippen molar-refractivity contribution in [2.24, 2.45) is 0 Å². The Bertz CT molecular complexity index is 924. The first-order valence-corrected chi connectivity index (χ1v) is 9.07. The number of nitrogens with zero attached hydrogens (tertiary/aromatic N) is 2. The second kappa shape index (κ2) is 6.83. The van der Waals surface area contributed by atoms with E-state index in [1.165, 1.54) is 0 Å². The Kier molecular flexibility index (Phi) is 4.37. The Morgan fingerprint density at radius 3 is 3.04 bits per heavy atom. The van der Waals surface area contributed by atoms with Crippen LogP contribution in [-0.2, 0) is 13.0 Å². The summed E-state index contributed by atoms with van der Waals surface area (Å²) < 4.78 is 7.66. The highest BCUT2D eigenvalue weighted by Gasteiger charge is 2.25. The molecule has 1 N–H and O–H groups in total. The molecule has 3 aromatic rings. The SMILES string of the molecule is Cc1cc(C(=O)NC2CCCc3occc32)c(C)n1Cc1ccccn1. The topological polar surface area (TPSA) is 60.1 Å². The molecule has 26 heavy (non-hydrogen) atoms. The molecular formula is C21H23N3O2. The number of hydrogen-bond donors (Lipinski definition) is 1. The van der Waals surface area contributed by atoms with E-state index in [-0.39, 0.29) is 11.9 Å². The van der Waals surface area contributed by atoms with Gasteiger partial charge in [0, 0.05) is 29.6 Å². The highest BCUT2D eigenvalue weighted by atomic mass is 16.3. The molecular weight excluding hydrogens is 326 g/mol. The molecule has 0 saturated carbocycles. The van der Waals surface area contributed by atoms with E-state index in [0.29, 0.717) is 6.54 Å². The molecule has 0 bridgehead atoms. The minimum atomic E-state index is -0.0237. The number of carbonyl (C=O) groups excluding carboxylic acids is 1. The molecule has 0 fully saturated rings. The number of nitrogens with one attached hydrogen (secondary N) is 1. The van der Waals surface area contributed by atoms with Crippen molar-refractivity contribution in [3.63, 3.8) is 0 Å². The number of pyridine rings is 1. The summed E-state index contributed by atoms with van der Waals surface area (Å²) in [6.07, 6.45) is 6.44. The summed E-state index contributed by atoms with van der Waals surface area (Å²) in [5.41, 5.74) is 4.86. The van der Waals surface area contributed by atoms with Gasteiger partial charge in [-0.3, -0.25) is 9.78 Å². The zero-order valence-corrected chi connectivity index (χ0v) is 15.2. The lowest BCUT2D eigenvalue weighted by Gasteiger charge is -2.22. The van der Waals surface area contributed by atoms with Crippen molar-refractivity contribution in [3.8, 4) is 0 Å². The first-order valence-electron chi connectivity index (χ1n) is 9.07. The van der Waals surface area contributed by atoms with Gasteiger partial charge in [-0.1, -0.05) is 6.07 Å². The van der Waals surface area contributed by atoms with E-state index >= 15 is 0 Å². The average Bonchev–Trinajstić information content (AvgIpc) is 3.23. The lowest BCUT2D eigenvalue weighted by molar-refractivity contribution is 0.0931. The number of rotatable bonds is 4. The molecule has 134 valence electrons. The van der Waals surface area contributed by atoms with E-state index in [0.717, 1.165) is 53.2 Å². The maximum absolute atomic E-state index is 12.9. The predicted molar refractivity (Wildman–Crippen MR) is 99.1 cm³/mol. The largest absolute Gasteiger partial charge is 0.469 e. The van der Waals surface area contributed by atoms with Crippen LogP contribution in [0.3, 0.4) is 0 Å². The third kappa shape index (κ3) is 3.05. The third-order valence-corrected chi connectivity index (χ3v) is 5.22. The minimum Gasteiger partial charge on any atom is -0.469 e. The molecule has 5 heteroatoms. The van der Waals surface area contributed by atoms with Crippen LogP contribution in [0.2, 0.25) is 0 Å². The van der Waals surface area contributed by atoms with Crippen molar-refractivity contribution in [1.29, 1.82) is 0 Å². The lowest BCUT2D eigenvalue weighted by Crippen LogP contribution is -2.30. The average molecular weight is 349 g/mol. The molecule has 3 heterocycles. The number of fused-ring (bicyclic) bond motifs is 1. The van der Waals surface area contributed by atoms with Crippen molar-refractivity contribution in [2.75, 3.05) is 0 Å². The van der Waals surface area contributed by atoms with E-state index in [4.69, 9.17) is 4.42 Å². The van der Waals surface area contributed by atoms with E-state index < -0.39 is 0 Å². The summed E-state index contributed by atoms with van der Waals surface area (Å²) in [6.45, 7) is 4.69. The summed E-state index contributed by atoms with van der Waals surface area (Å²) in [6, 6.07) is 9.86. The van der Waals surface area contributed by atoms with Gasteiger partial charge in [0.1, 0.15) is 5.76 Å². The number of carbonyl (C=O) groups is 1. The highest BCUT2D eigenvalue weighted by Crippen LogP contribution is 2.31. The third-order valence-electron chi connectivity index (χ3n) is 5.22. The van der Waals surface area contributed by atoms with Crippen LogP contribution in [-0.4, -0.2) is 15.5 Å². The van der Waals surface area contributed by atoms with Crippen molar-refractivity contribution in [1.82, 2.24) is 14.9 Å². The summed E-state index contributed by atoms with van der Waals surface area (Å²) in [5, 5.41) is 3.19. The van der Waals surface area contributed by atoms with Crippen molar-refractivity contribution in [3.05, 3.63) is 76.8 Å². The molecule has 1 amide bonds. The van der Waals surface area contributed by atoms with Gasteiger partial charge >= 0.3 is 0 Å². The quantitative estimate of drug-likeness (QED) is 0.776. The molecule has 1 aliphatic rings. The van der Waals surface area contributed by atoms with Gasteiger partial charge in [0.25, 0.3) is 5.91 Å². The van der Waals surface area contributed by atoms with Gasteiger partial charge in [0.15, 0.2) is 0 Å². The Hall–Kier alpha value is -2.82. The number of aromatic nitrogens is 2. The fraction of sp³-hybridized carbons (Fsp3) is 0.333. The molecule has 1 aliphatic carbocycles. The maximum Gasteiger partial charge on any atom is 0.253 e. The van der Waals surface area contributed by atoms with Gasteiger partial charge < -0.3 is 14.3 Å². The van der Waals surface area contributed by atoms with Crippen LogP contribution in [0.4, 0.5) is 0 Å². The van der Waals surface area contributed by atoms with E-state index in [1.54, 1.807) is 12.5 Å². The van der Waals surface area contributed by atoms with Gasteiger partial charge in [0.2, 0.25) is 0 Å². The van der Waals surface area contributed by atoms with E-state index in [1.807, 2.05) is 44.2 Å². The van der Waals surface area contributed by atoms with Crippen LogP contribution in [0, 0.1) is 13.8 Å². The number of amides is 1. The zero-order chi connectivity index (χ0) is 18.1. The molecule has 0 spiro atoms. The predicted octanol–water partition coefficient (Wildman–Crippen LogP) is 3.95. The Morgan fingerprint density at radius 1 is 1.35 bits per heavy atom. The Morgan fingerprint density at radius 2 is 2.23 bits per heavy atom. The molecule has 0 radical (unpaired) electrons. The fourth-order valence-electron chi connectivity index (χ4n) is 3.80. The first kappa shape index (κ1) is 16.6. The maximum atomic E-state index is 12.9. The van der Waals surface area contributed by atoms with E-state index in [9.17, 15) is 4.79 Å². The Balaban J connectivity index is 1.55. The number of aryl methyl sites for hydroxylation is 2. The monoisotopic (exact) mass is 349 g/mol. The van der Waals surface area contributed by atoms with Gasteiger partial charge in [-0.05, 0) is 51.0 Å². The van der Waals surface area contributed by atoms with Gasteiger partial charge in [-0.25, -0.2) is 0 Å². The van der Waals surface area contributed by atoms with Gasteiger partial charge in [-0.2, -0.15) is 0 Å². The first-order chi connectivity index (χ1) is 12.6. The number of furan rings is 1. The van der Waals surface area contributed by atoms with Crippen LogP contribution < -0.4 is 5.32 Å². The van der Waals surface area contributed by atoms with Crippen molar-refractivity contribution in [2.45, 2.75) is 45.7 Å². The molecule has 1 atom stereocenters. The molecule has 3 aromatic heterocycles. The van der Waals surface area contributed by atoms with E-state index in [2.05, 4.69) is 14.9 Å². The van der Waals surface area contributed by atoms with Crippen LogP contribution in [0.5, 0.6) is 0 Å². The summed E-state index contributed by atoms with van der Waals surface area (Å²) in [7, 11) is 0. The lowest BCUT2D eigenvalue weighted by atomic mass is 9.93. The molecule has 4 rings (SSSR count). The summed E-state index contributed by atoms with van der Waals surface area (Å²) >= 11 is 0. The summed E-state index contributed by atoms with van der Waals surface area (Å²) in [5.74, 6) is 0.978. The Labute approximate surface area is 153 Å². The van der Waals surface area contributed by atoms with Crippen molar-refractivity contribution < 1.29 is 9.21 Å². The van der Waals surface area contributed by atoms with Crippen LogP contribution >= 0.6 is 0 Å². The number of hydrogen-bond acceptors (Lipinski definition) is 3. The smallest absolute Gasteiger partial charge is 0.253 e. The normalized spacial score (nSPS) is 16.3. The highest BCUT2D eigenvalue weighted by molar-refractivity contribution is 5.96. The van der Waals surface area contributed by atoms with Crippen LogP contribution in [0.15, 0.2) is 47.2 Å². The van der Waals surface area contributed by atoms with Crippen molar-refractivity contribution >= 4 is 5.91 Å². The molecule has 0 aliphatic heterocycles. The summed E-state index contributed by atoms with van der Waals surface area (Å²) in [4.78, 5) is 17.3. The zero-order valence-electron chi connectivity index (χ0n) is 15.2. The standard InChI is InChI=1S/C21H23N3O2/c1-14-12-18(15(2)24(14)13-16-6-3-4-10-22-16)21(25)23-19-7-5-8-20-17(19)9-11-26-20/h3-4,6,9-12,19H,5,7-8,13H2,1-2H3,(H,23,25). The van der Waals surface area contributed by atoms with Crippen LogP contribution in [0.1, 0.15) is 57.6 Å². The van der Waals surface area contributed by atoms with Crippen LogP contribution in [0.25, 0.3) is 0 Å². The minimum absolute atomic E-state index is 0.0237. The van der Waals surface area contributed by atoms with Gasteiger partial charge in [-0.15, -0.1) is 0 Å². The molecule has 5 nitrogen and oxygen atoms in total. The molecule has 1 unspecified atom stereocenters. The second-order valence-electron chi connectivity index (χ2n) is 6.91. The van der Waals surface area contributed by atoms with Gasteiger partial charge in [0.05, 0.1) is 30.1 Å². The molecule has 0 aromatic carbocycles.